The number of nitrogens with zero attached hydrogens (tertiary/aromatic N) is 5. The number of carbonyl (C=O) groups excluding carboxylic acids is 1. The summed E-state index contributed by atoms with van der Waals surface area (Å²) in [5, 5.41) is 26.2. The highest BCUT2D eigenvalue weighted by molar-refractivity contribution is 7.99. The summed E-state index contributed by atoms with van der Waals surface area (Å²) < 4.78 is 1.82. The lowest BCUT2D eigenvalue weighted by Crippen LogP contribution is -2.18. The second-order valence-electron chi connectivity index (χ2n) is 6.24. The number of anilines is 1. The summed E-state index contributed by atoms with van der Waals surface area (Å²) in [5.74, 6) is -0.119. The number of hydrogen-bond donors (Lipinski definition) is 1. The van der Waals surface area contributed by atoms with Crippen LogP contribution in [-0.4, -0.2) is 36.8 Å². The number of hydrogen-bond acceptors (Lipinski definition) is 7. The number of aromatic nitrogens is 4. The van der Waals surface area contributed by atoms with Gasteiger partial charge < -0.3 is 5.32 Å². The largest absolute Gasteiger partial charge is 0.325 e. The molecule has 138 valence electrons. The van der Waals surface area contributed by atoms with Gasteiger partial charge in [0.1, 0.15) is 0 Å². The van der Waals surface area contributed by atoms with Crippen LogP contribution >= 0.6 is 11.8 Å². The molecule has 0 radical (unpaired) electrons. The normalized spacial score (nSPS) is 15.0. The van der Waals surface area contributed by atoms with Crippen LogP contribution in [0, 0.1) is 17.0 Å². The third-order valence-electron chi connectivity index (χ3n) is 4.49. The maximum atomic E-state index is 12.2. The number of tetrazole rings is 1. The Kier molecular flexibility index (Phi) is 5.82. The van der Waals surface area contributed by atoms with Gasteiger partial charge in [-0.15, -0.1) is 5.10 Å². The SMILES string of the molecule is Cc1c(NC(=O)CSc2nnnn2C2CCCCC2)cccc1[N+](=O)[O-]. The number of amides is 1. The number of nitro groups is 1. The van der Waals surface area contributed by atoms with Crippen molar-refractivity contribution in [2.75, 3.05) is 11.1 Å². The predicted molar refractivity (Wildman–Crippen MR) is 97.1 cm³/mol. The first-order valence-corrected chi connectivity index (χ1v) is 9.49. The second kappa shape index (κ2) is 8.26. The predicted octanol–water partition coefficient (Wildman–Crippen LogP) is 3.13. The van der Waals surface area contributed by atoms with Crippen molar-refractivity contribution in [2.45, 2.75) is 50.2 Å². The van der Waals surface area contributed by atoms with Gasteiger partial charge in [-0.3, -0.25) is 14.9 Å². The van der Waals surface area contributed by atoms with Crippen molar-refractivity contribution in [3.63, 3.8) is 0 Å². The average molecular weight is 376 g/mol. The van der Waals surface area contributed by atoms with Crippen molar-refractivity contribution >= 4 is 29.0 Å². The Bertz CT molecular complexity index is 803. The van der Waals surface area contributed by atoms with Crippen molar-refractivity contribution in [3.05, 3.63) is 33.9 Å². The minimum Gasteiger partial charge on any atom is -0.325 e. The van der Waals surface area contributed by atoms with Gasteiger partial charge in [0.15, 0.2) is 0 Å². The Labute approximate surface area is 154 Å². The van der Waals surface area contributed by atoms with Gasteiger partial charge in [0.25, 0.3) is 5.69 Å². The molecule has 0 aliphatic heterocycles. The zero-order valence-corrected chi connectivity index (χ0v) is 15.2. The third-order valence-corrected chi connectivity index (χ3v) is 5.42. The van der Waals surface area contributed by atoms with Gasteiger partial charge in [-0.1, -0.05) is 37.1 Å². The van der Waals surface area contributed by atoms with Crippen molar-refractivity contribution < 1.29 is 9.72 Å². The molecule has 1 aliphatic rings. The van der Waals surface area contributed by atoms with E-state index in [0.717, 1.165) is 12.8 Å². The summed E-state index contributed by atoms with van der Waals surface area (Å²) in [6.07, 6.45) is 5.68. The van der Waals surface area contributed by atoms with Crippen molar-refractivity contribution in [2.24, 2.45) is 0 Å². The number of carbonyl (C=O) groups is 1. The summed E-state index contributed by atoms with van der Waals surface area (Å²) in [6.45, 7) is 1.62. The van der Waals surface area contributed by atoms with Crippen LogP contribution in [0.5, 0.6) is 0 Å². The van der Waals surface area contributed by atoms with E-state index in [4.69, 9.17) is 0 Å². The van der Waals surface area contributed by atoms with Crippen LogP contribution in [0.25, 0.3) is 0 Å². The summed E-state index contributed by atoms with van der Waals surface area (Å²) in [5.41, 5.74) is 0.858. The highest BCUT2D eigenvalue weighted by atomic mass is 32.2. The van der Waals surface area contributed by atoms with Crippen LogP contribution in [0.3, 0.4) is 0 Å². The minimum absolute atomic E-state index is 0.0169. The summed E-state index contributed by atoms with van der Waals surface area (Å²) >= 11 is 1.27. The minimum atomic E-state index is -0.460. The zero-order valence-electron chi connectivity index (χ0n) is 14.4. The zero-order chi connectivity index (χ0) is 18.5. The van der Waals surface area contributed by atoms with Crippen molar-refractivity contribution in [1.29, 1.82) is 0 Å². The quantitative estimate of drug-likeness (QED) is 0.468. The van der Waals surface area contributed by atoms with Gasteiger partial charge in [-0.2, -0.15) is 0 Å². The molecule has 1 N–H and O–H groups in total. The highest BCUT2D eigenvalue weighted by Gasteiger charge is 2.21. The lowest BCUT2D eigenvalue weighted by atomic mass is 9.96. The van der Waals surface area contributed by atoms with Crippen LogP contribution in [0.1, 0.15) is 43.7 Å². The van der Waals surface area contributed by atoms with Crippen LogP contribution in [0.2, 0.25) is 0 Å². The molecule has 1 aromatic carbocycles. The number of nitro benzene ring substituents is 1. The molecule has 1 heterocycles. The molecule has 10 heteroatoms. The Balaban J connectivity index is 1.61. The smallest absolute Gasteiger partial charge is 0.274 e. The third kappa shape index (κ3) is 4.18. The molecule has 1 aromatic heterocycles. The van der Waals surface area contributed by atoms with E-state index in [1.54, 1.807) is 19.1 Å². The van der Waals surface area contributed by atoms with Crippen molar-refractivity contribution in [3.8, 4) is 0 Å². The first-order chi connectivity index (χ1) is 12.6. The molecule has 1 amide bonds. The Morgan fingerprint density at radius 3 is 2.88 bits per heavy atom. The monoisotopic (exact) mass is 376 g/mol. The van der Waals surface area contributed by atoms with E-state index in [0.29, 0.717) is 22.4 Å². The molecule has 3 rings (SSSR count). The van der Waals surface area contributed by atoms with Gasteiger partial charge in [0.2, 0.25) is 11.1 Å². The fourth-order valence-electron chi connectivity index (χ4n) is 3.11. The van der Waals surface area contributed by atoms with Crippen molar-refractivity contribution in [1.82, 2.24) is 20.2 Å². The van der Waals surface area contributed by atoms with E-state index in [2.05, 4.69) is 20.8 Å². The Morgan fingerprint density at radius 1 is 1.38 bits per heavy atom. The lowest BCUT2D eigenvalue weighted by molar-refractivity contribution is -0.385. The molecule has 26 heavy (non-hydrogen) atoms. The molecule has 1 fully saturated rings. The molecule has 9 nitrogen and oxygen atoms in total. The van der Waals surface area contributed by atoms with Gasteiger partial charge in [-0.25, -0.2) is 4.68 Å². The molecule has 0 spiro atoms. The van der Waals surface area contributed by atoms with Gasteiger partial charge in [-0.05, 0) is 36.3 Å². The molecular weight excluding hydrogens is 356 g/mol. The average Bonchev–Trinajstić information content (AvgIpc) is 3.11. The van der Waals surface area contributed by atoms with Gasteiger partial charge in [0.05, 0.1) is 28.0 Å². The molecule has 2 aromatic rings. The lowest BCUT2D eigenvalue weighted by Gasteiger charge is -2.21. The summed E-state index contributed by atoms with van der Waals surface area (Å²) in [7, 11) is 0. The van der Waals surface area contributed by atoms with E-state index in [1.165, 1.54) is 37.1 Å². The van der Waals surface area contributed by atoms with Crippen LogP contribution in [-0.2, 0) is 4.79 Å². The number of nitrogens with one attached hydrogen (secondary N) is 1. The van der Waals surface area contributed by atoms with Crippen LogP contribution in [0.4, 0.5) is 11.4 Å². The molecule has 0 saturated heterocycles. The highest BCUT2D eigenvalue weighted by Crippen LogP contribution is 2.30. The first-order valence-electron chi connectivity index (χ1n) is 8.51. The number of thioether (sulfide) groups is 1. The number of rotatable bonds is 6. The Hall–Kier alpha value is -2.49. The molecule has 0 unspecified atom stereocenters. The van der Waals surface area contributed by atoms with E-state index < -0.39 is 4.92 Å². The Morgan fingerprint density at radius 2 is 2.15 bits per heavy atom. The molecule has 0 atom stereocenters. The fourth-order valence-corrected chi connectivity index (χ4v) is 3.85. The van der Waals surface area contributed by atoms with E-state index in [-0.39, 0.29) is 17.3 Å². The standard InChI is InChI=1S/C16H20N6O3S/c1-11-13(8-5-9-14(11)22(24)25)17-15(23)10-26-16-18-19-20-21(16)12-6-3-2-4-7-12/h5,8-9,12H,2-4,6-7,10H2,1H3,(H,17,23). The van der Waals surface area contributed by atoms with E-state index >= 15 is 0 Å². The van der Waals surface area contributed by atoms with Crippen LogP contribution < -0.4 is 5.32 Å². The molecule has 1 saturated carbocycles. The van der Waals surface area contributed by atoms with Crippen LogP contribution in [0.15, 0.2) is 23.4 Å². The van der Waals surface area contributed by atoms with Gasteiger partial charge >= 0.3 is 0 Å². The first kappa shape index (κ1) is 18.3. The van der Waals surface area contributed by atoms with Gasteiger partial charge in [0, 0.05) is 6.07 Å². The maximum Gasteiger partial charge on any atom is 0.274 e. The molecular formula is C16H20N6O3S. The summed E-state index contributed by atoms with van der Waals surface area (Å²) in [6, 6.07) is 4.91. The second-order valence-corrected chi connectivity index (χ2v) is 7.18. The molecule has 1 aliphatic carbocycles. The number of benzene rings is 1. The molecule has 0 bridgehead atoms. The van der Waals surface area contributed by atoms with E-state index in [1.807, 2.05) is 4.68 Å². The topological polar surface area (TPSA) is 116 Å². The summed E-state index contributed by atoms with van der Waals surface area (Å²) in [4.78, 5) is 22.8. The fraction of sp³-hybridized carbons (Fsp3) is 0.500. The van der Waals surface area contributed by atoms with E-state index in [9.17, 15) is 14.9 Å². The maximum absolute atomic E-state index is 12.2.